The van der Waals surface area contributed by atoms with Gasteiger partial charge in [0.1, 0.15) is 5.82 Å². The van der Waals surface area contributed by atoms with E-state index < -0.39 is 11.7 Å². The van der Waals surface area contributed by atoms with Gasteiger partial charge >= 0.3 is 6.18 Å². The summed E-state index contributed by atoms with van der Waals surface area (Å²) in [6, 6.07) is 24.8. The number of alkyl halides is 3. The molecule has 0 saturated carbocycles. The Balaban J connectivity index is 1.45. The van der Waals surface area contributed by atoms with E-state index in [9.17, 15) is 18.0 Å². The summed E-state index contributed by atoms with van der Waals surface area (Å²) < 4.78 is 40.4. The summed E-state index contributed by atoms with van der Waals surface area (Å²) in [5.41, 5.74) is 3.58. The Bertz CT molecular complexity index is 1360. The summed E-state index contributed by atoms with van der Waals surface area (Å²) in [4.78, 5) is 20.8. The van der Waals surface area contributed by atoms with E-state index in [0.29, 0.717) is 37.4 Å². The molecule has 0 spiro atoms. The third kappa shape index (κ3) is 4.84. The van der Waals surface area contributed by atoms with Gasteiger partial charge in [0, 0.05) is 25.2 Å². The second kappa shape index (κ2) is 9.74. The Morgan fingerprint density at radius 3 is 2.03 bits per heavy atom. The first-order valence-electron chi connectivity index (χ1n) is 11.9. The number of benzene rings is 3. The lowest BCUT2D eigenvalue weighted by Gasteiger charge is -2.30. The molecule has 0 saturated heterocycles. The lowest BCUT2D eigenvalue weighted by atomic mass is 9.97. The second-order valence-corrected chi connectivity index (χ2v) is 9.14. The van der Waals surface area contributed by atoms with Gasteiger partial charge in [-0.2, -0.15) is 13.2 Å². The average Bonchev–Trinajstić information content (AvgIpc) is 2.87. The Morgan fingerprint density at radius 1 is 0.889 bits per heavy atom. The van der Waals surface area contributed by atoms with Crippen LogP contribution in [0.1, 0.15) is 45.4 Å². The zero-order valence-corrected chi connectivity index (χ0v) is 19.9. The number of nitrogens with zero attached hydrogens (tertiary/aromatic N) is 3. The molecular formula is C29H26F3N3O. The van der Waals surface area contributed by atoms with E-state index in [1.807, 2.05) is 67.6 Å². The Morgan fingerprint density at radius 2 is 1.47 bits per heavy atom. The van der Waals surface area contributed by atoms with Crippen molar-refractivity contribution in [1.29, 1.82) is 0 Å². The Hall–Kier alpha value is -3.71. The summed E-state index contributed by atoms with van der Waals surface area (Å²) >= 11 is 0. The maximum absolute atomic E-state index is 13.8. The zero-order chi connectivity index (χ0) is 25.3. The lowest BCUT2D eigenvalue weighted by molar-refractivity contribution is -0.137. The molecule has 7 heteroatoms. The van der Waals surface area contributed by atoms with Crippen LogP contribution < -0.4 is 5.56 Å². The molecule has 0 N–H and O–H groups in total. The molecular weight excluding hydrogens is 463 g/mol. The number of aryl methyl sites for hydroxylation is 1. The minimum atomic E-state index is -4.35. The molecule has 5 rings (SSSR count). The molecule has 0 amide bonds. The van der Waals surface area contributed by atoms with Gasteiger partial charge in [-0.05, 0) is 42.2 Å². The van der Waals surface area contributed by atoms with Crippen LogP contribution in [0.5, 0.6) is 0 Å². The molecule has 3 aromatic carbocycles. The molecule has 1 aliphatic heterocycles. The second-order valence-electron chi connectivity index (χ2n) is 9.14. The summed E-state index contributed by atoms with van der Waals surface area (Å²) in [6.07, 6.45) is -3.81. The molecule has 0 unspecified atom stereocenters. The number of hydrogen-bond donors (Lipinski definition) is 0. The molecule has 0 aliphatic carbocycles. The minimum absolute atomic E-state index is 0.0376. The van der Waals surface area contributed by atoms with Crippen molar-refractivity contribution in [3.63, 3.8) is 0 Å². The van der Waals surface area contributed by atoms with Crippen LogP contribution in [0.4, 0.5) is 13.2 Å². The SMILES string of the molecule is Cc1nc2c(c(=O)n1C(c1ccccc1)c1ccccc1)CCN(Cc1ccc(C(F)(F)F)cc1)C2. The van der Waals surface area contributed by atoms with E-state index in [4.69, 9.17) is 4.98 Å². The van der Waals surface area contributed by atoms with Crippen LogP contribution in [-0.2, 0) is 25.7 Å². The van der Waals surface area contributed by atoms with E-state index in [2.05, 4.69) is 4.90 Å². The molecule has 0 atom stereocenters. The fourth-order valence-electron chi connectivity index (χ4n) is 4.93. The van der Waals surface area contributed by atoms with E-state index >= 15 is 0 Å². The van der Waals surface area contributed by atoms with Gasteiger partial charge in [0.2, 0.25) is 0 Å². The molecule has 4 aromatic rings. The van der Waals surface area contributed by atoms with E-state index in [-0.39, 0.29) is 11.6 Å². The molecule has 4 nitrogen and oxygen atoms in total. The molecule has 0 bridgehead atoms. The first-order valence-corrected chi connectivity index (χ1v) is 11.9. The van der Waals surface area contributed by atoms with Crippen LogP contribution in [0.3, 0.4) is 0 Å². The highest BCUT2D eigenvalue weighted by molar-refractivity contribution is 5.35. The zero-order valence-electron chi connectivity index (χ0n) is 19.9. The fourth-order valence-corrected chi connectivity index (χ4v) is 4.93. The third-order valence-electron chi connectivity index (χ3n) is 6.70. The van der Waals surface area contributed by atoms with Gasteiger partial charge in [-0.15, -0.1) is 0 Å². The van der Waals surface area contributed by atoms with Gasteiger partial charge in [-0.3, -0.25) is 14.3 Å². The van der Waals surface area contributed by atoms with Crippen molar-refractivity contribution in [2.45, 2.75) is 38.7 Å². The van der Waals surface area contributed by atoms with Crippen LogP contribution >= 0.6 is 0 Å². The van der Waals surface area contributed by atoms with Crippen molar-refractivity contribution in [3.05, 3.63) is 135 Å². The van der Waals surface area contributed by atoms with Gasteiger partial charge in [0.25, 0.3) is 5.56 Å². The van der Waals surface area contributed by atoms with Crippen molar-refractivity contribution in [2.75, 3.05) is 6.54 Å². The van der Waals surface area contributed by atoms with Crippen LogP contribution in [-0.4, -0.2) is 21.0 Å². The van der Waals surface area contributed by atoms with Gasteiger partial charge in [-0.1, -0.05) is 72.8 Å². The van der Waals surface area contributed by atoms with Crippen LogP contribution in [0.15, 0.2) is 89.7 Å². The van der Waals surface area contributed by atoms with Crippen molar-refractivity contribution < 1.29 is 13.2 Å². The Kier molecular flexibility index (Phi) is 6.49. The molecule has 1 aliphatic rings. The number of hydrogen-bond acceptors (Lipinski definition) is 3. The average molecular weight is 490 g/mol. The van der Waals surface area contributed by atoms with Crippen LogP contribution in [0.25, 0.3) is 0 Å². The minimum Gasteiger partial charge on any atom is -0.293 e. The van der Waals surface area contributed by atoms with Gasteiger partial charge in [0.15, 0.2) is 0 Å². The van der Waals surface area contributed by atoms with Gasteiger partial charge < -0.3 is 0 Å². The maximum atomic E-state index is 13.8. The monoisotopic (exact) mass is 489 g/mol. The van der Waals surface area contributed by atoms with Crippen molar-refractivity contribution in [2.24, 2.45) is 0 Å². The number of halogens is 3. The molecule has 0 radical (unpaired) electrons. The highest BCUT2D eigenvalue weighted by Gasteiger charge is 2.30. The first kappa shape index (κ1) is 24.0. The van der Waals surface area contributed by atoms with Gasteiger partial charge in [-0.25, -0.2) is 4.98 Å². The molecule has 2 heterocycles. The highest BCUT2D eigenvalue weighted by atomic mass is 19.4. The molecule has 1 aromatic heterocycles. The predicted molar refractivity (Wildman–Crippen MR) is 133 cm³/mol. The van der Waals surface area contributed by atoms with Gasteiger partial charge in [0.05, 0.1) is 17.3 Å². The molecule has 36 heavy (non-hydrogen) atoms. The predicted octanol–water partition coefficient (Wildman–Crippen LogP) is 5.77. The smallest absolute Gasteiger partial charge is 0.293 e. The normalized spacial score (nSPS) is 14.1. The van der Waals surface area contributed by atoms with E-state index in [1.165, 1.54) is 12.1 Å². The molecule has 184 valence electrons. The number of fused-ring (bicyclic) bond motifs is 1. The fraction of sp³-hybridized carbons (Fsp3) is 0.241. The Labute approximate surface area is 207 Å². The van der Waals surface area contributed by atoms with Crippen molar-refractivity contribution in [3.8, 4) is 0 Å². The first-order chi connectivity index (χ1) is 17.3. The molecule has 0 fully saturated rings. The standard InChI is InChI=1S/C29H26F3N3O/c1-20-33-26-19-34(18-21-12-14-24(15-13-21)29(30,31)32)17-16-25(26)28(36)35(20)27(22-8-4-2-5-9-22)23-10-6-3-7-11-23/h2-15,27H,16-19H2,1H3. The summed E-state index contributed by atoms with van der Waals surface area (Å²) in [7, 11) is 0. The largest absolute Gasteiger partial charge is 0.416 e. The quantitative estimate of drug-likeness (QED) is 0.357. The van der Waals surface area contributed by atoms with Crippen molar-refractivity contribution >= 4 is 0 Å². The summed E-state index contributed by atoms with van der Waals surface area (Å²) in [5.74, 6) is 0.632. The topological polar surface area (TPSA) is 38.1 Å². The summed E-state index contributed by atoms with van der Waals surface area (Å²) in [5, 5.41) is 0. The van der Waals surface area contributed by atoms with Crippen LogP contribution in [0, 0.1) is 6.92 Å². The maximum Gasteiger partial charge on any atom is 0.416 e. The summed E-state index contributed by atoms with van der Waals surface area (Å²) in [6.45, 7) is 3.47. The van der Waals surface area contributed by atoms with E-state index in [0.717, 1.165) is 34.5 Å². The number of aromatic nitrogens is 2. The van der Waals surface area contributed by atoms with Crippen LogP contribution in [0.2, 0.25) is 0 Å². The lowest BCUT2D eigenvalue weighted by Crippen LogP contribution is -2.39. The van der Waals surface area contributed by atoms with Crippen molar-refractivity contribution in [1.82, 2.24) is 14.5 Å². The highest BCUT2D eigenvalue weighted by Crippen LogP contribution is 2.30. The van der Waals surface area contributed by atoms with E-state index in [1.54, 1.807) is 4.57 Å². The third-order valence-corrected chi connectivity index (χ3v) is 6.70. The number of rotatable bonds is 5.